The van der Waals surface area contributed by atoms with E-state index in [1.54, 1.807) is 11.9 Å². The van der Waals surface area contributed by atoms with Gasteiger partial charge in [0.05, 0.1) is 11.4 Å². The minimum atomic E-state index is -1.22. The second kappa shape index (κ2) is 5.03. The van der Waals surface area contributed by atoms with Crippen LogP contribution in [0.2, 0.25) is 0 Å². The lowest BCUT2D eigenvalue weighted by Crippen LogP contribution is -2.30. The van der Waals surface area contributed by atoms with Crippen molar-refractivity contribution in [1.82, 2.24) is 0 Å². The maximum atomic E-state index is 13.3. The largest absolute Gasteiger partial charge is 0.478 e. The van der Waals surface area contributed by atoms with Crippen molar-refractivity contribution in [2.24, 2.45) is 0 Å². The number of nitrogens with two attached hydrogens (primary N) is 1. The van der Waals surface area contributed by atoms with E-state index in [-0.39, 0.29) is 17.3 Å². The third kappa shape index (κ3) is 2.49. The molecule has 0 heterocycles. The van der Waals surface area contributed by atoms with Crippen LogP contribution in [0.25, 0.3) is 0 Å². The SMILES string of the molecule is CCC(C)N(C)c1ccc(F)c(N)c1C(=O)O. The first kappa shape index (κ1) is 13.3. The standard InChI is InChI=1S/C12H17FN2O2/c1-4-7(2)15(3)9-6-5-8(13)11(14)10(9)12(16)17/h5-7H,4,14H2,1-3H3,(H,16,17). The summed E-state index contributed by atoms with van der Waals surface area (Å²) in [6.07, 6.45) is 0.854. The molecule has 1 atom stereocenters. The summed E-state index contributed by atoms with van der Waals surface area (Å²) >= 11 is 0. The Kier molecular flexibility index (Phi) is 3.93. The summed E-state index contributed by atoms with van der Waals surface area (Å²) in [5, 5.41) is 9.10. The van der Waals surface area contributed by atoms with Crippen molar-refractivity contribution in [2.45, 2.75) is 26.3 Å². The Balaban J connectivity index is 3.34. The molecule has 0 aliphatic rings. The van der Waals surface area contributed by atoms with E-state index in [0.717, 1.165) is 6.42 Å². The zero-order valence-electron chi connectivity index (χ0n) is 10.2. The number of aromatic carboxylic acids is 1. The van der Waals surface area contributed by atoms with Crippen LogP contribution in [-0.2, 0) is 0 Å². The molecule has 0 spiro atoms. The molecular formula is C12H17FN2O2. The van der Waals surface area contributed by atoms with Crippen molar-refractivity contribution >= 4 is 17.3 Å². The van der Waals surface area contributed by atoms with Crippen molar-refractivity contribution in [1.29, 1.82) is 0 Å². The van der Waals surface area contributed by atoms with Gasteiger partial charge < -0.3 is 15.7 Å². The smallest absolute Gasteiger partial charge is 0.340 e. The summed E-state index contributed by atoms with van der Waals surface area (Å²) < 4.78 is 13.3. The minimum Gasteiger partial charge on any atom is -0.478 e. The lowest BCUT2D eigenvalue weighted by atomic mass is 10.1. The Hall–Kier alpha value is -1.78. The molecule has 0 fully saturated rings. The highest BCUT2D eigenvalue weighted by Crippen LogP contribution is 2.29. The van der Waals surface area contributed by atoms with Gasteiger partial charge >= 0.3 is 5.97 Å². The fourth-order valence-corrected chi connectivity index (χ4v) is 1.61. The van der Waals surface area contributed by atoms with E-state index in [2.05, 4.69) is 0 Å². The molecule has 0 aliphatic heterocycles. The van der Waals surface area contributed by atoms with Crippen LogP contribution in [0.5, 0.6) is 0 Å². The van der Waals surface area contributed by atoms with Crippen LogP contribution in [0.4, 0.5) is 15.8 Å². The molecule has 1 aromatic carbocycles. The molecular weight excluding hydrogens is 223 g/mol. The van der Waals surface area contributed by atoms with Crippen molar-refractivity contribution < 1.29 is 14.3 Å². The number of hydrogen-bond acceptors (Lipinski definition) is 3. The number of nitrogens with zero attached hydrogens (tertiary/aromatic N) is 1. The van der Waals surface area contributed by atoms with Gasteiger partial charge in [0.15, 0.2) is 0 Å². The molecule has 4 nitrogen and oxygen atoms in total. The van der Waals surface area contributed by atoms with Crippen LogP contribution in [0.1, 0.15) is 30.6 Å². The maximum Gasteiger partial charge on any atom is 0.340 e. The summed E-state index contributed by atoms with van der Waals surface area (Å²) in [5.41, 5.74) is 5.43. The Morgan fingerprint density at radius 1 is 1.59 bits per heavy atom. The van der Waals surface area contributed by atoms with Gasteiger partial charge in [0.1, 0.15) is 11.4 Å². The highest BCUT2D eigenvalue weighted by molar-refractivity contribution is 6.00. The zero-order chi connectivity index (χ0) is 13.2. The molecule has 1 aromatic rings. The lowest BCUT2D eigenvalue weighted by molar-refractivity contribution is 0.0698. The molecule has 5 heteroatoms. The fourth-order valence-electron chi connectivity index (χ4n) is 1.61. The van der Waals surface area contributed by atoms with Crippen LogP contribution in [0, 0.1) is 5.82 Å². The topological polar surface area (TPSA) is 66.6 Å². The predicted octanol–water partition coefficient (Wildman–Crippen LogP) is 2.34. The number of nitrogen functional groups attached to an aromatic ring is 1. The average molecular weight is 240 g/mol. The fraction of sp³-hybridized carbons (Fsp3) is 0.417. The molecule has 0 aromatic heterocycles. The van der Waals surface area contributed by atoms with Crippen LogP contribution in [0.3, 0.4) is 0 Å². The Labute approximate surface area is 99.8 Å². The summed E-state index contributed by atoms with van der Waals surface area (Å²) in [6.45, 7) is 3.96. The van der Waals surface area contributed by atoms with Crippen LogP contribution < -0.4 is 10.6 Å². The molecule has 1 unspecified atom stereocenters. The van der Waals surface area contributed by atoms with Crippen LogP contribution in [0.15, 0.2) is 12.1 Å². The Bertz CT molecular complexity index is 435. The summed E-state index contributed by atoms with van der Waals surface area (Å²) in [4.78, 5) is 12.9. The van der Waals surface area contributed by atoms with E-state index in [1.807, 2.05) is 13.8 Å². The number of halogens is 1. The van der Waals surface area contributed by atoms with Crippen molar-refractivity contribution in [3.8, 4) is 0 Å². The highest BCUT2D eigenvalue weighted by atomic mass is 19.1. The van der Waals surface area contributed by atoms with Crippen molar-refractivity contribution in [3.05, 3.63) is 23.5 Å². The number of benzene rings is 1. The first-order valence-electron chi connectivity index (χ1n) is 5.44. The molecule has 0 amide bonds. The number of anilines is 2. The zero-order valence-corrected chi connectivity index (χ0v) is 10.2. The Morgan fingerprint density at radius 3 is 2.65 bits per heavy atom. The van der Waals surface area contributed by atoms with E-state index in [1.165, 1.54) is 12.1 Å². The van der Waals surface area contributed by atoms with Gasteiger partial charge in [-0.15, -0.1) is 0 Å². The Morgan fingerprint density at radius 2 is 2.18 bits per heavy atom. The van der Waals surface area contributed by atoms with E-state index in [0.29, 0.717) is 5.69 Å². The second-order valence-electron chi connectivity index (χ2n) is 4.03. The van der Waals surface area contributed by atoms with E-state index < -0.39 is 11.8 Å². The van der Waals surface area contributed by atoms with Gasteiger partial charge in [0.25, 0.3) is 0 Å². The van der Waals surface area contributed by atoms with Gasteiger partial charge in [-0.2, -0.15) is 0 Å². The van der Waals surface area contributed by atoms with Gasteiger partial charge in [-0.05, 0) is 25.5 Å². The van der Waals surface area contributed by atoms with Crippen molar-refractivity contribution in [2.75, 3.05) is 17.7 Å². The lowest BCUT2D eigenvalue weighted by Gasteiger charge is -2.27. The quantitative estimate of drug-likeness (QED) is 0.793. The number of carboxylic acids is 1. The van der Waals surface area contributed by atoms with Crippen LogP contribution >= 0.6 is 0 Å². The average Bonchev–Trinajstić information content (AvgIpc) is 2.29. The van der Waals surface area contributed by atoms with Gasteiger partial charge in [-0.1, -0.05) is 6.92 Å². The number of carbonyl (C=O) groups is 1. The molecule has 0 saturated carbocycles. The van der Waals surface area contributed by atoms with Crippen LogP contribution in [-0.4, -0.2) is 24.2 Å². The van der Waals surface area contributed by atoms with E-state index in [4.69, 9.17) is 10.8 Å². The van der Waals surface area contributed by atoms with Gasteiger partial charge in [0.2, 0.25) is 0 Å². The monoisotopic (exact) mass is 240 g/mol. The third-order valence-corrected chi connectivity index (χ3v) is 3.02. The molecule has 17 heavy (non-hydrogen) atoms. The highest BCUT2D eigenvalue weighted by Gasteiger charge is 2.21. The normalized spacial score (nSPS) is 12.2. The molecule has 94 valence electrons. The van der Waals surface area contributed by atoms with E-state index in [9.17, 15) is 9.18 Å². The summed E-state index contributed by atoms with van der Waals surface area (Å²) in [7, 11) is 1.77. The predicted molar refractivity (Wildman–Crippen MR) is 65.9 cm³/mol. The third-order valence-electron chi connectivity index (χ3n) is 3.02. The molecule has 0 bridgehead atoms. The van der Waals surface area contributed by atoms with Gasteiger partial charge in [-0.3, -0.25) is 0 Å². The maximum absolute atomic E-state index is 13.3. The molecule has 3 N–H and O–H groups in total. The molecule has 1 rings (SSSR count). The van der Waals surface area contributed by atoms with Crippen molar-refractivity contribution in [3.63, 3.8) is 0 Å². The molecule has 0 aliphatic carbocycles. The number of hydrogen-bond donors (Lipinski definition) is 2. The van der Waals surface area contributed by atoms with Gasteiger partial charge in [0, 0.05) is 13.1 Å². The summed E-state index contributed by atoms with van der Waals surface area (Å²) in [6, 6.07) is 2.79. The minimum absolute atomic E-state index is 0.151. The summed E-state index contributed by atoms with van der Waals surface area (Å²) in [5.74, 6) is -1.92. The first-order chi connectivity index (χ1) is 7.90. The first-order valence-corrected chi connectivity index (χ1v) is 5.44. The molecule has 0 saturated heterocycles. The number of carboxylic acid groups (broad SMARTS) is 1. The molecule has 0 radical (unpaired) electrons. The second-order valence-corrected chi connectivity index (χ2v) is 4.03. The van der Waals surface area contributed by atoms with Gasteiger partial charge in [-0.25, -0.2) is 9.18 Å². The number of rotatable bonds is 4. The van der Waals surface area contributed by atoms with E-state index >= 15 is 0 Å².